The van der Waals surface area contributed by atoms with Crippen LogP contribution in [0, 0.1) is 10.1 Å². The van der Waals surface area contributed by atoms with Gasteiger partial charge in [0.05, 0.1) is 18.1 Å². The topological polar surface area (TPSA) is 64.8 Å². The Morgan fingerprint density at radius 3 is 2.52 bits per heavy atom. The summed E-state index contributed by atoms with van der Waals surface area (Å²) in [5, 5.41) is 11.6. The van der Waals surface area contributed by atoms with Gasteiger partial charge in [0.1, 0.15) is 12.3 Å². The van der Waals surface area contributed by atoms with Crippen molar-refractivity contribution in [3.63, 3.8) is 0 Å². The number of morpholine rings is 1. The molecule has 0 saturated carbocycles. The van der Waals surface area contributed by atoms with E-state index in [1.54, 1.807) is 18.2 Å². The summed E-state index contributed by atoms with van der Waals surface area (Å²) in [6.45, 7) is 2.73. The maximum atomic E-state index is 11.6. The molecule has 0 atom stereocenters. The second-order valence-electron chi connectivity index (χ2n) is 5.25. The molecule has 0 aliphatic carbocycles. The van der Waals surface area contributed by atoms with E-state index in [1.165, 1.54) is 0 Å². The van der Waals surface area contributed by atoms with Crippen LogP contribution in [-0.4, -0.2) is 31.2 Å². The fourth-order valence-corrected chi connectivity index (χ4v) is 2.61. The minimum absolute atomic E-state index is 0.0188. The molecule has 120 valence electrons. The van der Waals surface area contributed by atoms with Crippen LogP contribution in [0.1, 0.15) is 5.56 Å². The summed E-state index contributed by atoms with van der Waals surface area (Å²) in [5.74, 6) is 0.294. The molecule has 0 radical (unpaired) electrons. The van der Waals surface area contributed by atoms with E-state index in [2.05, 4.69) is 0 Å². The minimum Gasteiger partial charge on any atom is -0.482 e. The fraction of sp³-hybridized carbons (Fsp3) is 0.294. The van der Waals surface area contributed by atoms with Crippen molar-refractivity contribution in [1.29, 1.82) is 0 Å². The van der Waals surface area contributed by atoms with Crippen LogP contribution in [0.25, 0.3) is 0 Å². The number of nitrogens with zero attached hydrogens (tertiary/aromatic N) is 2. The average molecular weight is 314 g/mol. The van der Waals surface area contributed by atoms with Gasteiger partial charge in [-0.2, -0.15) is 0 Å². The number of nitro groups is 1. The van der Waals surface area contributed by atoms with Crippen LogP contribution in [0.5, 0.6) is 5.75 Å². The largest absolute Gasteiger partial charge is 0.482 e. The number of nitro benzene ring substituents is 1. The predicted octanol–water partition coefficient (Wildman–Crippen LogP) is 3.01. The molecule has 3 rings (SSSR count). The van der Waals surface area contributed by atoms with Crippen molar-refractivity contribution >= 4 is 11.4 Å². The van der Waals surface area contributed by atoms with Gasteiger partial charge in [-0.1, -0.05) is 36.4 Å². The summed E-state index contributed by atoms with van der Waals surface area (Å²) in [7, 11) is 0. The average Bonchev–Trinajstić information content (AvgIpc) is 2.61. The van der Waals surface area contributed by atoms with E-state index in [9.17, 15) is 10.1 Å². The van der Waals surface area contributed by atoms with Crippen molar-refractivity contribution in [2.45, 2.75) is 6.61 Å². The Bertz CT molecular complexity index is 670. The second kappa shape index (κ2) is 7.11. The number of hydrogen-bond acceptors (Lipinski definition) is 5. The lowest BCUT2D eigenvalue weighted by Gasteiger charge is -2.28. The monoisotopic (exact) mass is 314 g/mol. The molecule has 0 unspecified atom stereocenters. The Hall–Kier alpha value is -2.60. The number of para-hydroxylation sites is 1. The molecule has 1 saturated heterocycles. The van der Waals surface area contributed by atoms with Crippen molar-refractivity contribution < 1.29 is 14.4 Å². The molecule has 0 spiro atoms. The number of ether oxygens (including phenoxy) is 2. The lowest BCUT2D eigenvalue weighted by molar-refractivity contribution is -0.385. The first-order valence-corrected chi connectivity index (χ1v) is 7.52. The molecule has 1 fully saturated rings. The number of anilines is 1. The highest BCUT2D eigenvalue weighted by Gasteiger charge is 2.26. The Labute approximate surface area is 134 Å². The van der Waals surface area contributed by atoms with E-state index < -0.39 is 0 Å². The molecule has 0 amide bonds. The minimum atomic E-state index is -0.370. The van der Waals surface area contributed by atoms with E-state index >= 15 is 0 Å². The first-order valence-electron chi connectivity index (χ1n) is 7.52. The molecule has 0 N–H and O–H groups in total. The lowest BCUT2D eigenvalue weighted by atomic mass is 10.2. The van der Waals surface area contributed by atoms with Gasteiger partial charge in [0.25, 0.3) is 0 Å². The second-order valence-corrected chi connectivity index (χ2v) is 5.25. The summed E-state index contributed by atoms with van der Waals surface area (Å²) in [5.41, 5.74) is 1.58. The third-order valence-corrected chi connectivity index (χ3v) is 3.75. The van der Waals surface area contributed by atoms with Crippen molar-refractivity contribution in [1.82, 2.24) is 0 Å². The van der Waals surface area contributed by atoms with Gasteiger partial charge >= 0.3 is 5.69 Å². The Kier molecular flexibility index (Phi) is 4.73. The fourth-order valence-electron chi connectivity index (χ4n) is 2.61. The highest BCUT2D eigenvalue weighted by molar-refractivity contribution is 5.70. The maximum absolute atomic E-state index is 11.6. The zero-order valence-electron chi connectivity index (χ0n) is 12.7. The summed E-state index contributed by atoms with van der Waals surface area (Å²) < 4.78 is 11.0. The third kappa shape index (κ3) is 3.60. The summed E-state index contributed by atoms with van der Waals surface area (Å²) in [4.78, 5) is 13.2. The maximum Gasteiger partial charge on any atom is 0.333 e. The van der Waals surface area contributed by atoms with E-state index in [0.717, 1.165) is 5.56 Å². The standard InChI is InChI=1S/C17H18N2O4/c20-19(21)17-15(18-9-11-22-12-10-18)7-4-8-16(17)23-13-14-5-2-1-3-6-14/h1-8H,9-13H2. The van der Waals surface area contributed by atoms with Crippen LogP contribution in [0.3, 0.4) is 0 Å². The summed E-state index contributed by atoms with van der Waals surface area (Å²) >= 11 is 0. The highest BCUT2D eigenvalue weighted by Crippen LogP contribution is 2.37. The van der Waals surface area contributed by atoms with Gasteiger partial charge < -0.3 is 14.4 Å². The van der Waals surface area contributed by atoms with Crippen LogP contribution in [0.15, 0.2) is 48.5 Å². The molecule has 23 heavy (non-hydrogen) atoms. The molecule has 2 aromatic carbocycles. The normalized spacial score (nSPS) is 14.5. The van der Waals surface area contributed by atoms with Gasteiger partial charge in [0.2, 0.25) is 0 Å². The SMILES string of the molecule is O=[N+]([O-])c1c(OCc2ccccc2)cccc1N1CCOCC1. The molecule has 6 heteroatoms. The van der Waals surface area contributed by atoms with E-state index in [-0.39, 0.29) is 10.6 Å². The van der Waals surface area contributed by atoms with Gasteiger partial charge in [-0.25, -0.2) is 0 Å². The van der Waals surface area contributed by atoms with Crippen LogP contribution < -0.4 is 9.64 Å². The van der Waals surface area contributed by atoms with Crippen LogP contribution in [-0.2, 0) is 11.3 Å². The van der Waals surface area contributed by atoms with E-state index in [1.807, 2.05) is 35.2 Å². The van der Waals surface area contributed by atoms with Gasteiger partial charge in [-0.05, 0) is 17.7 Å². The molecule has 1 aliphatic heterocycles. The molecular weight excluding hydrogens is 296 g/mol. The van der Waals surface area contributed by atoms with E-state index in [0.29, 0.717) is 44.3 Å². The highest BCUT2D eigenvalue weighted by atomic mass is 16.6. The first-order chi connectivity index (χ1) is 11.3. The molecule has 1 heterocycles. The number of rotatable bonds is 5. The zero-order valence-corrected chi connectivity index (χ0v) is 12.7. The Morgan fingerprint density at radius 1 is 1.09 bits per heavy atom. The Balaban J connectivity index is 1.85. The van der Waals surface area contributed by atoms with Gasteiger partial charge in [0.15, 0.2) is 5.75 Å². The Morgan fingerprint density at radius 2 is 1.83 bits per heavy atom. The summed E-state index contributed by atoms with van der Waals surface area (Å²) in [6.07, 6.45) is 0. The zero-order chi connectivity index (χ0) is 16.1. The van der Waals surface area contributed by atoms with Crippen molar-refractivity contribution in [3.05, 3.63) is 64.2 Å². The first kappa shape index (κ1) is 15.3. The molecule has 0 bridgehead atoms. The van der Waals surface area contributed by atoms with Crippen LogP contribution in [0.4, 0.5) is 11.4 Å². The lowest BCUT2D eigenvalue weighted by Crippen LogP contribution is -2.36. The van der Waals surface area contributed by atoms with E-state index in [4.69, 9.17) is 9.47 Å². The predicted molar refractivity (Wildman–Crippen MR) is 86.9 cm³/mol. The molecule has 2 aromatic rings. The molecular formula is C17H18N2O4. The van der Waals surface area contributed by atoms with Gasteiger partial charge in [-0.3, -0.25) is 10.1 Å². The molecule has 0 aromatic heterocycles. The third-order valence-electron chi connectivity index (χ3n) is 3.75. The smallest absolute Gasteiger partial charge is 0.333 e. The number of hydrogen-bond donors (Lipinski definition) is 0. The van der Waals surface area contributed by atoms with Crippen LogP contribution in [0.2, 0.25) is 0 Å². The van der Waals surface area contributed by atoms with Crippen LogP contribution >= 0.6 is 0 Å². The van der Waals surface area contributed by atoms with Gasteiger partial charge in [-0.15, -0.1) is 0 Å². The van der Waals surface area contributed by atoms with Gasteiger partial charge in [0, 0.05) is 13.1 Å². The quantitative estimate of drug-likeness (QED) is 0.627. The van der Waals surface area contributed by atoms with Crippen molar-refractivity contribution in [2.24, 2.45) is 0 Å². The number of benzene rings is 2. The molecule has 6 nitrogen and oxygen atoms in total. The molecule has 1 aliphatic rings. The summed E-state index contributed by atoms with van der Waals surface area (Å²) in [6, 6.07) is 14.8. The van der Waals surface area contributed by atoms with Crippen molar-refractivity contribution in [3.8, 4) is 5.75 Å². The van der Waals surface area contributed by atoms with Crippen molar-refractivity contribution in [2.75, 3.05) is 31.2 Å².